The maximum Gasteiger partial charge on any atom is 0.252 e. The largest absolute Gasteiger partial charge is 0.495 e. The Bertz CT molecular complexity index is 821. The Labute approximate surface area is 165 Å². The fourth-order valence-corrected chi connectivity index (χ4v) is 3.00. The molecule has 0 saturated heterocycles. The van der Waals surface area contributed by atoms with Gasteiger partial charge in [0, 0.05) is 11.3 Å². The summed E-state index contributed by atoms with van der Waals surface area (Å²) in [5.74, 6) is 0.215. The minimum Gasteiger partial charge on any atom is -0.495 e. The number of benzene rings is 2. The third kappa shape index (κ3) is 5.73. The van der Waals surface area contributed by atoms with Crippen LogP contribution in [0.15, 0.2) is 42.5 Å². The molecular formula is C21H25ClN2O3. The number of hydrogen-bond acceptors (Lipinski definition) is 3. The number of anilines is 1. The minimum absolute atomic E-state index is 0.234. The number of amides is 2. The van der Waals surface area contributed by atoms with Crippen LogP contribution >= 0.6 is 11.6 Å². The summed E-state index contributed by atoms with van der Waals surface area (Å²) in [6, 6.07) is 11.6. The number of halogens is 1. The van der Waals surface area contributed by atoms with E-state index >= 15 is 0 Å². The summed E-state index contributed by atoms with van der Waals surface area (Å²) >= 11 is 6.11. The standard InChI is InChI=1S/C21H25ClN2O3/c1-13(2)11-18(24-20(25)16-8-6-5-7-14(16)3)21(26)23-15-9-10-19(27-4)17(22)12-15/h5-10,12-13,18H,11H2,1-4H3,(H,23,26)(H,24,25). The summed E-state index contributed by atoms with van der Waals surface area (Å²) in [5, 5.41) is 6.07. The molecule has 27 heavy (non-hydrogen) atoms. The summed E-state index contributed by atoms with van der Waals surface area (Å²) in [6.45, 7) is 5.88. The Kier molecular flexibility index (Phi) is 7.25. The van der Waals surface area contributed by atoms with Gasteiger partial charge in [-0.2, -0.15) is 0 Å². The smallest absolute Gasteiger partial charge is 0.252 e. The normalized spacial score (nSPS) is 11.8. The number of nitrogens with one attached hydrogen (secondary N) is 2. The van der Waals surface area contributed by atoms with E-state index in [0.29, 0.717) is 28.4 Å². The van der Waals surface area contributed by atoms with Gasteiger partial charge in [0.25, 0.3) is 5.91 Å². The van der Waals surface area contributed by atoms with Gasteiger partial charge >= 0.3 is 0 Å². The molecule has 1 atom stereocenters. The second-order valence-corrected chi connectivity index (χ2v) is 7.22. The zero-order valence-electron chi connectivity index (χ0n) is 16.0. The summed E-state index contributed by atoms with van der Waals surface area (Å²) in [7, 11) is 1.53. The molecular weight excluding hydrogens is 364 g/mol. The molecule has 0 heterocycles. The molecule has 2 aromatic rings. The number of methoxy groups -OCH3 is 1. The van der Waals surface area contributed by atoms with Crippen molar-refractivity contribution in [3.05, 3.63) is 58.6 Å². The van der Waals surface area contributed by atoms with Crippen molar-refractivity contribution in [3.8, 4) is 5.75 Å². The molecule has 0 fully saturated rings. The zero-order chi connectivity index (χ0) is 20.0. The van der Waals surface area contributed by atoms with Gasteiger partial charge in [-0.1, -0.05) is 43.6 Å². The van der Waals surface area contributed by atoms with Crippen LogP contribution in [0.25, 0.3) is 0 Å². The average Bonchev–Trinajstić information content (AvgIpc) is 2.61. The van der Waals surface area contributed by atoms with Gasteiger partial charge < -0.3 is 15.4 Å². The van der Waals surface area contributed by atoms with E-state index in [1.165, 1.54) is 7.11 Å². The van der Waals surface area contributed by atoms with Gasteiger partial charge in [0.2, 0.25) is 5.91 Å². The highest BCUT2D eigenvalue weighted by molar-refractivity contribution is 6.32. The summed E-state index contributed by atoms with van der Waals surface area (Å²) in [5.41, 5.74) is 1.97. The predicted molar refractivity (Wildman–Crippen MR) is 109 cm³/mol. The summed E-state index contributed by atoms with van der Waals surface area (Å²) in [4.78, 5) is 25.4. The number of carbonyl (C=O) groups is 2. The van der Waals surface area contributed by atoms with Crippen molar-refractivity contribution in [3.63, 3.8) is 0 Å². The van der Waals surface area contributed by atoms with Crippen molar-refractivity contribution in [2.24, 2.45) is 5.92 Å². The lowest BCUT2D eigenvalue weighted by Gasteiger charge is -2.21. The maximum absolute atomic E-state index is 12.8. The number of carbonyl (C=O) groups excluding carboxylic acids is 2. The number of hydrogen-bond donors (Lipinski definition) is 2. The molecule has 2 N–H and O–H groups in total. The average molecular weight is 389 g/mol. The fraction of sp³-hybridized carbons (Fsp3) is 0.333. The SMILES string of the molecule is COc1ccc(NC(=O)C(CC(C)C)NC(=O)c2ccccc2C)cc1Cl. The first-order valence-corrected chi connectivity index (χ1v) is 9.20. The molecule has 6 heteroatoms. The van der Waals surface area contributed by atoms with Gasteiger partial charge in [-0.15, -0.1) is 0 Å². The predicted octanol–water partition coefficient (Wildman–Crippen LogP) is 4.44. The van der Waals surface area contributed by atoms with Gasteiger partial charge in [0.1, 0.15) is 11.8 Å². The van der Waals surface area contributed by atoms with Crippen LogP contribution in [-0.4, -0.2) is 25.0 Å². The molecule has 0 aromatic heterocycles. The van der Waals surface area contributed by atoms with E-state index in [2.05, 4.69) is 10.6 Å². The third-order valence-electron chi connectivity index (χ3n) is 4.14. The van der Waals surface area contributed by atoms with Gasteiger partial charge in [-0.25, -0.2) is 0 Å². The van der Waals surface area contributed by atoms with Crippen molar-refractivity contribution in [1.82, 2.24) is 5.32 Å². The van der Waals surface area contributed by atoms with Crippen LogP contribution in [-0.2, 0) is 4.79 Å². The Balaban J connectivity index is 2.15. The minimum atomic E-state index is -0.655. The van der Waals surface area contributed by atoms with Crippen molar-refractivity contribution in [2.45, 2.75) is 33.2 Å². The molecule has 2 amide bonds. The molecule has 0 spiro atoms. The quantitative estimate of drug-likeness (QED) is 0.736. The highest BCUT2D eigenvalue weighted by atomic mass is 35.5. The molecule has 1 unspecified atom stereocenters. The highest BCUT2D eigenvalue weighted by Crippen LogP contribution is 2.27. The van der Waals surface area contributed by atoms with E-state index in [-0.39, 0.29) is 17.7 Å². The molecule has 144 valence electrons. The lowest BCUT2D eigenvalue weighted by atomic mass is 10.0. The number of ether oxygens (including phenoxy) is 1. The number of rotatable bonds is 7. The van der Waals surface area contributed by atoms with E-state index < -0.39 is 6.04 Å². The molecule has 2 rings (SSSR count). The van der Waals surface area contributed by atoms with Crippen molar-refractivity contribution < 1.29 is 14.3 Å². The van der Waals surface area contributed by atoms with Crippen molar-refractivity contribution >= 4 is 29.1 Å². The second kappa shape index (κ2) is 9.42. The first-order chi connectivity index (χ1) is 12.8. The van der Waals surface area contributed by atoms with E-state index in [4.69, 9.17) is 16.3 Å². The molecule has 0 aliphatic rings. The molecule has 0 aliphatic heterocycles. The van der Waals surface area contributed by atoms with E-state index in [0.717, 1.165) is 5.56 Å². The monoisotopic (exact) mass is 388 g/mol. The van der Waals surface area contributed by atoms with E-state index in [1.807, 2.05) is 32.9 Å². The Morgan fingerprint density at radius 1 is 1.15 bits per heavy atom. The lowest BCUT2D eigenvalue weighted by molar-refractivity contribution is -0.118. The first kappa shape index (κ1) is 20.8. The second-order valence-electron chi connectivity index (χ2n) is 6.81. The van der Waals surface area contributed by atoms with Crippen LogP contribution in [0, 0.1) is 12.8 Å². The molecule has 2 aromatic carbocycles. The third-order valence-corrected chi connectivity index (χ3v) is 4.43. The van der Waals surface area contributed by atoms with Gasteiger partial charge in [0.15, 0.2) is 0 Å². The van der Waals surface area contributed by atoms with Crippen LogP contribution in [0.2, 0.25) is 5.02 Å². The maximum atomic E-state index is 12.8. The summed E-state index contributed by atoms with van der Waals surface area (Å²) < 4.78 is 5.12. The number of aryl methyl sites for hydroxylation is 1. The lowest BCUT2D eigenvalue weighted by Crippen LogP contribution is -2.44. The van der Waals surface area contributed by atoms with Crippen molar-refractivity contribution in [1.29, 1.82) is 0 Å². The van der Waals surface area contributed by atoms with Gasteiger partial charge in [0.05, 0.1) is 12.1 Å². The molecule has 0 bridgehead atoms. The van der Waals surface area contributed by atoms with Crippen LogP contribution < -0.4 is 15.4 Å². The molecule has 5 nitrogen and oxygen atoms in total. The van der Waals surface area contributed by atoms with Crippen LogP contribution in [0.5, 0.6) is 5.75 Å². The van der Waals surface area contributed by atoms with Crippen LogP contribution in [0.4, 0.5) is 5.69 Å². The van der Waals surface area contributed by atoms with Gasteiger partial charge in [-0.3, -0.25) is 9.59 Å². The van der Waals surface area contributed by atoms with Crippen LogP contribution in [0.1, 0.15) is 36.2 Å². The highest BCUT2D eigenvalue weighted by Gasteiger charge is 2.23. The summed E-state index contributed by atoms with van der Waals surface area (Å²) in [6.07, 6.45) is 0.521. The van der Waals surface area contributed by atoms with E-state index in [9.17, 15) is 9.59 Å². The Morgan fingerprint density at radius 2 is 1.85 bits per heavy atom. The first-order valence-electron chi connectivity index (χ1n) is 8.82. The fourth-order valence-electron chi connectivity index (χ4n) is 2.74. The van der Waals surface area contributed by atoms with Crippen molar-refractivity contribution in [2.75, 3.05) is 12.4 Å². The van der Waals surface area contributed by atoms with E-state index in [1.54, 1.807) is 30.3 Å². The Hall–Kier alpha value is -2.53. The Morgan fingerprint density at radius 3 is 2.44 bits per heavy atom. The molecule has 0 saturated carbocycles. The molecule has 0 aliphatic carbocycles. The van der Waals surface area contributed by atoms with Gasteiger partial charge in [-0.05, 0) is 49.1 Å². The zero-order valence-corrected chi connectivity index (χ0v) is 16.8. The molecule has 0 radical (unpaired) electrons. The topological polar surface area (TPSA) is 67.4 Å². The van der Waals surface area contributed by atoms with Crippen LogP contribution in [0.3, 0.4) is 0 Å².